The fourth-order valence-electron chi connectivity index (χ4n) is 2.75. The van der Waals surface area contributed by atoms with Gasteiger partial charge in [0.15, 0.2) is 0 Å². The Balaban J connectivity index is 1.47. The van der Waals surface area contributed by atoms with Crippen LogP contribution < -0.4 is 14.8 Å². The van der Waals surface area contributed by atoms with Crippen LogP contribution in [0.5, 0.6) is 5.75 Å². The lowest BCUT2D eigenvalue weighted by Crippen LogP contribution is -2.14. The largest absolute Gasteiger partial charge is 0.494 e. The second kappa shape index (κ2) is 11.6. The first-order valence-corrected chi connectivity index (χ1v) is 12.8. The summed E-state index contributed by atoms with van der Waals surface area (Å²) in [6, 6.07) is 22.4. The molecule has 0 aliphatic rings. The average Bonchev–Trinajstić information content (AvgIpc) is 2.80. The second-order valence-corrected chi connectivity index (χ2v) is 9.74. The Labute approximate surface area is 193 Å². The average molecular weight is 471 g/mol. The van der Waals surface area contributed by atoms with E-state index in [-0.39, 0.29) is 16.6 Å². The zero-order chi connectivity index (χ0) is 22.8. The van der Waals surface area contributed by atoms with Crippen molar-refractivity contribution in [1.29, 1.82) is 0 Å². The number of hydrogen-bond donors (Lipinski definition) is 2. The van der Waals surface area contributed by atoms with E-state index in [9.17, 15) is 13.2 Å². The number of carbonyl (C=O) groups is 1. The first-order chi connectivity index (χ1) is 15.5. The van der Waals surface area contributed by atoms with Crippen LogP contribution in [0.4, 0.5) is 11.4 Å². The van der Waals surface area contributed by atoms with Crippen molar-refractivity contribution in [3.8, 4) is 5.75 Å². The van der Waals surface area contributed by atoms with Gasteiger partial charge in [0.25, 0.3) is 10.0 Å². The molecule has 0 saturated carbocycles. The maximum atomic E-state index is 12.4. The predicted octanol–water partition coefficient (Wildman–Crippen LogP) is 5.40. The molecule has 0 aromatic heterocycles. The molecule has 6 nitrogen and oxygen atoms in total. The maximum absolute atomic E-state index is 12.4. The van der Waals surface area contributed by atoms with Crippen molar-refractivity contribution in [2.45, 2.75) is 29.6 Å². The molecule has 0 aliphatic carbocycles. The SMILES string of the molecule is CCCCOc1ccc(NC(=O)CSc2ccc(NS(=O)(=O)c3ccccc3)cc2)cc1. The molecular weight excluding hydrogens is 444 g/mol. The lowest BCUT2D eigenvalue weighted by atomic mass is 10.3. The molecule has 8 heteroatoms. The van der Waals surface area contributed by atoms with Crippen LogP contribution in [0.2, 0.25) is 0 Å². The van der Waals surface area contributed by atoms with Crippen LogP contribution in [0.25, 0.3) is 0 Å². The van der Waals surface area contributed by atoms with Crippen LogP contribution >= 0.6 is 11.8 Å². The summed E-state index contributed by atoms with van der Waals surface area (Å²) < 4.78 is 32.9. The lowest BCUT2D eigenvalue weighted by Gasteiger charge is -2.09. The molecule has 0 bridgehead atoms. The zero-order valence-corrected chi connectivity index (χ0v) is 19.4. The molecule has 2 N–H and O–H groups in total. The van der Waals surface area contributed by atoms with Crippen molar-refractivity contribution in [1.82, 2.24) is 0 Å². The van der Waals surface area contributed by atoms with E-state index in [4.69, 9.17) is 4.74 Å². The molecule has 3 rings (SSSR count). The van der Waals surface area contributed by atoms with Gasteiger partial charge in [-0.3, -0.25) is 9.52 Å². The summed E-state index contributed by atoms with van der Waals surface area (Å²) >= 11 is 1.37. The number of thioether (sulfide) groups is 1. The van der Waals surface area contributed by atoms with E-state index in [1.165, 1.54) is 23.9 Å². The number of ether oxygens (including phenoxy) is 1. The third-order valence-corrected chi connectivity index (χ3v) is 6.84. The van der Waals surface area contributed by atoms with Crippen molar-refractivity contribution < 1.29 is 17.9 Å². The minimum absolute atomic E-state index is 0.122. The van der Waals surface area contributed by atoms with Crippen LogP contribution in [-0.2, 0) is 14.8 Å². The third-order valence-electron chi connectivity index (χ3n) is 4.43. The van der Waals surface area contributed by atoms with Gasteiger partial charge < -0.3 is 10.1 Å². The standard InChI is InChI=1S/C24H26N2O4S2/c1-2-3-17-30-21-13-9-19(10-14-21)25-24(27)18-31-22-15-11-20(12-16-22)26-32(28,29)23-7-5-4-6-8-23/h4-16,26H,2-3,17-18H2,1H3,(H,25,27). The molecule has 3 aromatic rings. The number of unbranched alkanes of at least 4 members (excludes halogenated alkanes) is 1. The fourth-order valence-corrected chi connectivity index (χ4v) is 4.53. The van der Waals surface area contributed by atoms with Crippen molar-refractivity contribution in [2.24, 2.45) is 0 Å². The van der Waals surface area contributed by atoms with E-state index in [0.717, 1.165) is 23.5 Å². The van der Waals surface area contributed by atoms with E-state index >= 15 is 0 Å². The molecule has 168 valence electrons. The third kappa shape index (κ3) is 7.32. The molecule has 0 atom stereocenters. The van der Waals surface area contributed by atoms with Gasteiger partial charge in [-0.25, -0.2) is 8.42 Å². The number of nitrogens with one attached hydrogen (secondary N) is 2. The van der Waals surface area contributed by atoms with E-state index in [1.54, 1.807) is 42.5 Å². The molecule has 3 aromatic carbocycles. The molecule has 32 heavy (non-hydrogen) atoms. The smallest absolute Gasteiger partial charge is 0.261 e. The number of carbonyl (C=O) groups excluding carboxylic acids is 1. The monoisotopic (exact) mass is 470 g/mol. The molecule has 0 unspecified atom stereocenters. The van der Waals surface area contributed by atoms with Gasteiger partial charge in [0.1, 0.15) is 5.75 Å². The molecule has 0 aliphatic heterocycles. The highest BCUT2D eigenvalue weighted by Gasteiger charge is 2.13. The zero-order valence-electron chi connectivity index (χ0n) is 17.8. The quantitative estimate of drug-likeness (QED) is 0.290. The summed E-state index contributed by atoms with van der Waals surface area (Å²) in [5, 5.41) is 2.86. The topological polar surface area (TPSA) is 84.5 Å². The summed E-state index contributed by atoms with van der Waals surface area (Å²) in [6.45, 7) is 2.80. The minimum Gasteiger partial charge on any atom is -0.494 e. The van der Waals surface area contributed by atoms with Crippen molar-refractivity contribution >= 4 is 39.1 Å². The van der Waals surface area contributed by atoms with Crippen LogP contribution in [0.1, 0.15) is 19.8 Å². The van der Waals surface area contributed by atoms with E-state index in [2.05, 4.69) is 17.0 Å². The highest BCUT2D eigenvalue weighted by molar-refractivity contribution is 8.00. The van der Waals surface area contributed by atoms with Crippen molar-refractivity contribution in [3.05, 3.63) is 78.9 Å². The van der Waals surface area contributed by atoms with Gasteiger partial charge >= 0.3 is 0 Å². The number of sulfonamides is 1. The number of hydrogen-bond acceptors (Lipinski definition) is 5. The highest BCUT2D eigenvalue weighted by atomic mass is 32.2. The van der Waals surface area contributed by atoms with Crippen LogP contribution in [0, 0.1) is 0 Å². The number of benzene rings is 3. The Morgan fingerprint density at radius 2 is 1.56 bits per heavy atom. The summed E-state index contributed by atoms with van der Waals surface area (Å²) in [7, 11) is -3.63. The molecule has 1 amide bonds. The molecule has 0 heterocycles. The summed E-state index contributed by atoms with van der Waals surface area (Å²) in [5.41, 5.74) is 1.17. The van der Waals surface area contributed by atoms with Gasteiger partial charge in [0.05, 0.1) is 17.3 Å². The first-order valence-electron chi connectivity index (χ1n) is 10.3. The number of anilines is 2. The van der Waals surface area contributed by atoms with E-state index in [1.807, 2.05) is 24.3 Å². The Bertz CT molecular complexity index is 1100. The van der Waals surface area contributed by atoms with Crippen molar-refractivity contribution in [3.63, 3.8) is 0 Å². The Hall–Kier alpha value is -2.97. The van der Waals surface area contributed by atoms with Gasteiger partial charge in [-0.05, 0) is 67.1 Å². The van der Waals surface area contributed by atoms with Gasteiger partial charge in [0.2, 0.25) is 5.91 Å². The minimum atomic E-state index is -3.63. The van der Waals surface area contributed by atoms with Gasteiger partial charge in [-0.2, -0.15) is 0 Å². The Kier molecular flexibility index (Phi) is 8.58. The van der Waals surface area contributed by atoms with E-state index in [0.29, 0.717) is 18.0 Å². The Morgan fingerprint density at radius 3 is 2.22 bits per heavy atom. The van der Waals surface area contributed by atoms with Gasteiger partial charge in [-0.15, -0.1) is 11.8 Å². The summed E-state index contributed by atoms with van der Waals surface area (Å²) in [4.78, 5) is 13.3. The van der Waals surface area contributed by atoms with Crippen LogP contribution in [0.15, 0.2) is 88.7 Å². The molecule has 0 radical (unpaired) electrons. The predicted molar refractivity (Wildman–Crippen MR) is 130 cm³/mol. The van der Waals surface area contributed by atoms with Crippen molar-refractivity contribution in [2.75, 3.05) is 22.4 Å². The number of rotatable bonds is 11. The molecule has 0 spiro atoms. The fraction of sp³-hybridized carbons (Fsp3) is 0.208. The molecule has 0 saturated heterocycles. The van der Waals surface area contributed by atoms with E-state index < -0.39 is 10.0 Å². The maximum Gasteiger partial charge on any atom is 0.261 e. The number of amides is 1. The summed E-state index contributed by atoms with van der Waals surface area (Å²) in [6.07, 6.45) is 2.09. The van der Waals surface area contributed by atoms with Crippen LogP contribution in [0.3, 0.4) is 0 Å². The van der Waals surface area contributed by atoms with Gasteiger partial charge in [-0.1, -0.05) is 31.5 Å². The van der Waals surface area contributed by atoms with Crippen LogP contribution in [-0.4, -0.2) is 26.7 Å². The molecular formula is C24H26N2O4S2. The second-order valence-electron chi connectivity index (χ2n) is 7.01. The van der Waals surface area contributed by atoms with Gasteiger partial charge in [0, 0.05) is 16.3 Å². The normalized spacial score (nSPS) is 11.0. The molecule has 0 fully saturated rings. The lowest BCUT2D eigenvalue weighted by molar-refractivity contribution is -0.113. The highest BCUT2D eigenvalue weighted by Crippen LogP contribution is 2.23. The first kappa shape index (κ1) is 23.7. The Morgan fingerprint density at radius 1 is 0.906 bits per heavy atom. The summed E-state index contributed by atoms with van der Waals surface area (Å²) in [5.74, 6) is 0.904.